The molecule has 4 heterocycles. The summed E-state index contributed by atoms with van der Waals surface area (Å²) in [5, 5.41) is 9.05. The van der Waals surface area contributed by atoms with Crippen LogP contribution in [-0.2, 0) is 15.1 Å². The van der Waals surface area contributed by atoms with Gasteiger partial charge in [0.2, 0.25) is 11.8 Å². The highest BCUT2D eigenvalue weighted by molar-refractivity contribution is 5.78. The number of carbonyl (C=O) groups is 1. The highest BCUT2D eigenvalue weighted by atomic mass is 16.5. The molecule has 5 rings (SSSR count). The van der Waals surface area contributed by atoms with E-state index >= 15 is 0 Å². The Morgan fingerprint density at radius 3 is 2.76 bits per heavy atom. The summed E-state index contributed by atoms with van der Waals surface area (Å²) in [4.78, 5) is 30.8. The molecular weight excluding hydrogens is 420 g/mol. The molecule has 1 amide bonds. The number of aromatic nitrogens is 3. The first-order valence-electron chi connectivity index (χ1n) is 11.5. The number of methoxy groups -OCH3 is 1. The lowest BCUT2D eigenvalue weighted by Gasteiger charge is -2.43. The topological polar surface area (TPSA) is 104 Å². The maximum atomic E-state index is 13.2. The van der Waals surface area contributed by atoms with Gasteiger partial charge in [-0.25, -0.2) is 9.97 Å². The number of pyridine rings is 1. The lowest BCUT2D eigenvalue weighted by molar-refractivity contribution is -0.156. The molecule has 9 nitrogen and oxygen atoms in total. The fraction of sp³-hybridized carbons (Fsp3) is 0.542. The van der Waals surface area contributed by atoms with Gasteiger partial charge in [-0.15, -0.1) is 0 Å². The summed E-state index contributed by atoms with van der Waals surface area (Å²) in [5.41, 5.74) is -0.0555. The third-order valence-corrected chi connectivity index (χ3v) is 7.26. The summed E-state index contributed by atoms with van der Waals surface area (Å²) in [7, 11) is 1.58. The Balaban J connectivity index is 1.25. The first kappa shape index (κ1) is 21.6. The summed E-state index contributed by atoms with van der Waals surface area (Å²) in [5.74, 6) is 2.42. The summed E-state index contributed by atoms with van der Waals surface area (Å²) in [6.45, 7) is 3.54. The minimum Gasteiger partial charge on any atom is -0.481 e. The molecule has 2 bridgehead atoms. The Kier molecular flexibility index (Phi) is 5.62. The van der Waals surface area contributed by atoms with Crippen LogP contribution in [0.3, 0.4) is 0 Å². The fourth-order valence-corrected chi connectivity index (χ4v) is 5.29. The Bertz CT molecular complexity index is 1060. The maximum absolute atomic E-state index is 13.2. The zero-order valence-corrected chi connectivity index (χ0v) is 19.0. The van der Waals surface area contributed by atoms with Crippen LogP contribution in [0.15, 0.2) is 30.6 Å². The van der Waals surface area contributed by atoms with Crippen molar-refractivity contribution in [1.82, 2.24) is 19.9 Å². The summed E-state index contributed by atoms with van der Waals surface area (Å²) < 4.78 is 11.4. The number of fused-ring (bicyclic) bond motifs is 2. The zero-order chi connectivity index (χ0) is 23.0. The van der Waals surface area contributed by atoms with Gasteiger partial charge in [0.25, 0.3) is 0 Å². The molecule has 1 aliphatic carbocycles. The van der Waals surface area contributed by atoms with Gasteiger partial charge in [-0.05, 0) is 43.7 Å². The molecule has 1 saturated carbocycles. The van der Waals surface area contributed by atoms with Gasteiger partial charge < -0.3 is 19.3 Å². The third-order valence-electron chi connectivity index (χ3n) is 7.26. The lowest BCUT2D eigenvalue weighted by atomic mass is 9.79. The van der Waals surface area contributed by atoms with Crippen LogP contribution in [0.25, 0.3) is 0 Å². The van der Waals surface area contributed by atoms with Crippen molar-refractivity contribution in [3.8, 4) is 11.9 Å². The number of anilines is 1. The molecule has 0 aromatic carbocycles. The number of likely N-dealkylation sites (tertiary alicyclic amines) is 1. The number of nitriles is 1. The van der Waals surface area contributed by atoms with E-state index in [9.17, 15) is 4.79 Å². The Hall–Kier alpha value is -3.25. The van der Waals surface area contributed by atoms with E-state index in [1.807, 2.05) is 11.0 Å². The van der Waals surface area contributed by atoms with E-state index < -0.39 is 5.60 Å². The average Bonchev–Trinajstić information content (AvgIpc) is 3.02. The molecule has 2 unspecified atom stereocenters. The molecule has 2 saturated heterocycles. The van der Waals surface area contributed by atoms with Crippen LogP contribution in [0.4, 0.5) is 5.82 Å². The first-order chi connectivity index (χ1) is 16.0. The molecule has 0 N–H and O–H groups in total. The van der Waals surface area contributed by atoms with Crippen molar-refractivity contribution >= 4 is 11.7 Å². The van der Waals surface area contributed by atoms with Crippen molar-refractivity contribution in [3.63, 3.8) is 0 Å². The van der Waals surface area contributed by atoms with Gasteiger partial charge in [-0.2, -0.15) is 10.2 Å². The predicted molar refractivity (Wildman–Crippen MR) is 119 cm³/mol. The molecule has 3 aliphatic rings. The Labute approximate surface area is 193 Å². The van der Waals surface area contributed by atoms with Gasteiger partial charge in [0.1, 0.15) is 24.1 Å². The quantitative estimate of drug-likeness (QED) is 0.663. The van der Waals surface area contributed by atoms with Crippen LogP contribution in [0.5, 0.6) is 5.88 Å². The standard InChI is InChI=1S/C24H28N6O3/c1-16-10-18-13-29(14-19(16)30(18)20-5-4-17(11-25)12-27-20)22(31)15-33-24(7-3-8-24)23-26-9-6-21(28-23)32-2/h4-6,9,12,16,18-19H,3,7-8,10,13-15H2,1-2H3/t16-,18?,19?/m0/s1. The summed E-state index contributed by atoms with van der Waals surface area (Å²) in [6.07, 6.45) is 6.92. The zero-order valence-electron chi connectivity index (χ0n) is 19.0. The predicted octanol–water partition coefficient (Wildman–Crippen LogP) is 2.27. The van der Waals surface area contributed by atoms with Crippen LogP contribution < -0.4 is 9.64 Å². The number of rotatable bonds is 6. The van der Waals surface area contributed by atoms with Crippen LogP contribution in [0.2, 0.25) is 0 Å². The number of amides is 1. The molecule has 2 aromatic heterocycles. The van der Waals surface area contributed by atoms with Crippen molar-refractivity contribution in [2.45, 2.75) is 50.3 Å². The summed E-state index contributed by atoms with van der Waals surface area (Å²) in [6, 6.07) is 7.95. The minimum atomic E-state index is -0.606. The van der Waals surface area contributed by atoms with Gasteiger partial charge in [-0.1, -0.05) is 6.92 Å². The number of ether oxygens (including phenoxy) is 2. The number of hydrogen-bond donors (Lipinski definition) is 0. The van der Waals surface area contributed by atoms with Gasteiger partial charge in [0, 0.05) is 37.6 Å². The highest BCUT2D eigenvalue weighted by Gasteiger charge is 2.47. The molecule has 2 aromatic rings. The largest absolute Gasteiger partial charge is 0.481 e. The van der Waals surface area contributed by atoms with Gasteiger partial charge in [0.15, 0.2) is 5.82 Å². The van der Waals surface area contributed by atoms with Gasteiger partial charge in [0.05, 0.1) is 18.7 Å². The second kappa shape index (κ2) is 8.60. The van der Waals surface area contributed by atoms with Gasteiger partial charge in [-0.3, -0.25) is 4.79 Å². The molecule has 0 radical (unpaired) electrons. The monoisotopic (exact) mass is 448 g/mol. The molecule has 3 atom stereocenters. The van der Waals surface area contributed by atoms with E-state index in [0.29, 0.717) is 36.3 Å². The molecule has 2 aliphatic heterocycles. The smallest absolute Gasteiger partial charge is 0.248 e. The van der Waals surface area contributed by atoms with E-state index in [4.69, 9.17) is 14.7 Å². The van der Waals surface area contributed by atoms with E-state index in [1.54, 1.807) is 31.6 Å². The molecule has 172 valence electrons. The van der Waals surface area contributed by atoms with E-state index in [0.717, 1.165) is 31.5 Å². The third kappa shape index (κ3) is 3.89. The van der Waals surface area contributed by atoms with Crippen molar-refractivity contribution in [2.75, 3.05) is 31.7 Å². The van der Waals surface area contributed by atoms with Crippen LogP contribution in [0.1, 0.15) is 44.0 Å². The first-order valence-corrected chi connectivity index (χ1v) is 11.5. The average molecular weight is 449 g/mol. The minimum absolute atomic E-state index is 0.000656. The van der Waals surface area contributed by atoms with Crippen molar-refractivity contribution in [2.24, 2.45) is 5.92 Å². The fourth-order valence-electron chi connectivity index (χ4n) is 5.29. The molecule has 0 spiro atoms. The van der Waals surface area contributed by atoms with E-state index in [2.05, 4.69) is 32.8 Å². The molecular formula is C24H28N6O3. The second-order valence-electron chi connectivity index (χ2n) is 9.22. The van der Waals surface area contributed by atoms with E-state index in [1.165, 1.54) is 0 Å². The summed E-state index contributed by atoms with van der Waals surface area (Å²) >= 11 is 0. The van der Waals surface area contributed by atoms with Crippen LogP contribution in [-0.4, -0.2) is 64.6 Å². The number of hydrogen-bond acceptors (Lipinski definition) is 8. The van der Waals surface area contributed by atoms with Crippen molar-refractivity contribution < 1.29 is 14.3 Å². The normalized spacial score (nSPS) is 25.3. The van der Waals surface area contributed by atoms with Crippen LogP contribution in [0, 0.1) is 17.2 Å². The van der Waals surface area contributed by atoms with Crippen molar-refractivity contribution in [3.05, 3.63) is 42.0 Å². The molecule has 33 heavy (non-hydrogen) atoms. The molecule has 3 fully saturated rings. The molecule has 9 heteroatoms. The number of nitrogens with zero attached hydrogens (tertiary/aromatic N) is 6. The van der Waals surface area contributed by atoms with Gasteiger partial charge >= 0.3 is 0 Å². The van der Waals surface area contributed by atoms with E-state index in [-0.39, 0.29) is 24.6 Å². The number of piperazine rings is 1. The lowest BCUT2D eigenvalue weighted by Crippen LogP contribution is -2.57. The van der Waals surface area contributed by atoms with Crippen LogP contribution >= 0.6 is 0 Å². The maximum Gasteiger partial charge on any atom is 0.248 e. The van der Waals surface area contributed by atoms with Crippen molar-refractivity contribution in [1.29, 1.82) is 5.26 Å². The number of carbonyl (C=O) groups excluding carboxylic acids is 1. The second-order valence-corrected chi connectivity index (χ2v) is 9.22. The highest BCUT2D eigenvalue weighted by Crippen LogP contribution is 2.44. The SMILES string of the molecule is COc1ccnc(C2(OCC(=O)N3CC4C[C@H](C)C(C3)N4c3ccc(C#N)cn3)CCC2)n1. The Morgan fingerprint density at radius 2 is 2.12 bits per heavy atom. The Morgan fingerprint density at radius 1 is 1.27 bits per heavy atom.